The van der Waals surface area contributed by atoms with Crippen LogP contribution in [0.3, 0.4) is 0 Å². The molecule has 78 valence electrons. The minimum absolute atomic E-state index is 0.164. The van der Waals surface area contributed by atoms with Crippen LogP contribution in [0.4, 0.5) is 0 Å². The molecular formula is C10H12BrClOS. The number of thiophene rings is 1. The van der Waals surface area contributed by atoms with Crippen molar-refractivity contribution in [1.82, 2.24) is 0 Å². The van der Waals surface area contributed by atoms with Crippen LogP contribution in [0.15, 0.2) is 10.5 Å². The molecule has 0 amide bonds. The summed E-state index contributed by atoms with van der Waals surface area (Å²) in [7, 11) is 0. The van der Waals surface area contributed by atoms with Gasteiger partial charge in [-0.2, -0.15) is 0 Å². The second-order valence-corrected chi connectivity index (χ2v) is 6.31. The Balaban J connectivity index is 3.01. The first-order valence-corrected chi connectivity index (χ1v) is 6.37. The molecule has 0 aromatic carbocycles. The summed E-state index contributed by atoms with van der Waals surface area (Å²) in [6.45, 7) is 5.93. The van der Waals surface area contributed by atoms with Gasteiger partial charge in [-0.15, -0.1) is 11.3 Å². The Morgan fingerprint density at radius 2 is 2.21 bits per heavy atom. The standard InChI is InChI=1S/C10H12BrClOS/c1-4-10(2,3)8(13)7-5-6(11)9(12)14-7/h5H,4H2,1-3H3. The fourth-order valence-electron chi connectivity index (χ4n) is 0.953. The molecule has 0 aliphatic heterocycles. The van der Waals surface area contributed by atoms with Crippen LogP contribution in [0.5, 0.6) is 0 Å². The maximum atomic E-state index is 12.0. The fraction of sp³-hybridized carbons (Fsp3) is 0.500. The molecule has 1 aromatic heterocycles. The number of halogens is 2. The quantitative estimate of drug-likeness (QED) is 0.733. The maximum absolute atomic E-state index is 12.0. The van der Waals surface area contributed by atoms with Gasteiger partial charge < -0.3 is 0 Å². The summed E-state index contributed by atoms with van der Waals surface area (Å²) in [4.78, 5) is 12.7. The first-order valence-electron chi connectivity index (χ1n) is 4.38. The molecule has 4 heteroatoms. The number of rotatable bonds is 3. The van der Waals surface area contributed by atoms with Crippen molar-refractivity contribution in [3.63, 3.8) is 0 Å². The molecule has 0 unspecified atom stereocenters. The van der Waals surface area contributed by atoms with Crippen molar-refractivity contribution in [2.24, 2.45) is 5.41 Å². The first kappa shape index (κ1) is 12.2. The van der Waals surface area contributed by atoms with Gasteiger partial charge in [-0.05, 0) is 28.4 Å². The highest BCUT2D eigenvalue weighted by Gasteiger charge is 2.28. The number of carbonyl (C=O) groups excluding carboxylic acids is 1. The molecule has 0 aliphatic carbocycles. The van der Waals surface area contributed by atoms with Gasteiger partial charge in [0.2, 0.25) is 0 Å². The Morgan fingerprint density at radius 1 is 1.64 bits per heavy atom. The molecule has 0 aliphatic rings. The summed E-state index contributed by atoms with van der Waals surface area (Å²) in [6.07, 6.45) is 0.832. The molecule has 1 heterocycles. The molecule has 14 heavy (non-hydrogen) atoms. The van der Waals surface area contributed by atoms with Gasteiger partial charge in [-0.3, -0.25) is 4.79 Å². The van der Waals surface area contributed by atoms with E-state index in [1.807, 2.05) is 20.8 Å². The van der Waals surface area contributed by atoms with E-state index in [4.69, 9.17) is 11.6 Å². The summed E-state index contributed by atoms with van der Waals surface area (Å²) in [6, 6.07) is 1.80. The third kappa shape index (κ3) is 2.38. The summed E-state index contributed by atoms with van der Waals surface area (Å²) >= 11 is 10.5. The van der Waals surface area contributed by atoms with Crippen molar-refractivity contribution in [1.29, 1.82) is 0 Å². The zero-order valence-corrected chi connectivity index (χ0v) is 11.5. The monoisotopic (exact) mass is 294 g/mol. The minimum atomic E-state index is -0.298. The van der Waals surface area contributed by atoms with E-state index in [9.17, 15) is 4.79 Å². The highest BCUT2D eigenvalue weighted by molar-refractivity contribution is 9.10. The molecule has 1 nitrogen and oxygen atoms in total. The van der Waals surface area contributed by atoms with Crippen LogP contribution in [0.2, 0.25) is 4.34 Å². The van der Waals surface area contributed by atoms with Crippen LogP contribution < -0.4 is 0 Å². The van der Waals surface area contributed by atoms with Crippen LogP contribution in [0.25, 0.3) is 0 Å². The van der Waals surface area contributed by atoms with E-state index in [-0.39, 0.29) is 11.2 Å². The van der Waals surface area contributed by atoms with Crippen molar-refractivity contribution in [3.8, 4) is 0 Å². The molecule has 1 rings (SSSR count). The Morgan fingerprint density at radius 3 is 2.57 bits per heavy atom. The molecule has 0 saturated carbocycles. The minimum Gasteiger partial charge on any atom is -0.293 e. The predicted molar refractivity (Wildman–Crippen MR) is 65.4 cm³/mol. The third-order valence-corrected chi connectivity index (χ3v) is 4.84. The van der Waals surface area contributed by atoms with E-state index in [0.29, 0.717) is 4.34 Å². The van der Waals surface area contributed by atoms with Crippen molar-refractivity contribution >= 4 is 44.7 Å². The molecule has 0 saturated heterocycles. The molecule has 0 atom stereocenters. The average molecular weight is 296 g/mol. The Labute approximate surface area is 102 Å². The lowest BCUT2D eigenvalue weighted by atomic mass is 9.85. The highest BCUT2D eigenvalue weighted by Crippen LogP contribution is 2.36. The molecule has 0 fully saturated rings. The van der Waals surface area contributed by atoms with Gasteiger partial charge in [0.05, 0.1) is 4.88 Å². The third-order valence-electron chi connectivity index (χ3n) is 2.37. The highest BCUT2D eigenvalue weighted by atomic mass is 79.9. The zero-order chi connectivity index (χ0) is 10.9. The second-order valence-electron chi connectivity index (χ2n) is 3.80. The molecular weight excluding hydrogens is 284 g/mol. The molecule has 1 aromatic rings. The number of Topliss-reactive ketones (excluding diaryl/α,β-unsaturated/α-hetero) is 1. The Hall–Kier alpha value is 0.140. The zero-order valence-electron chi connectivity index (χ0n) is 8.36. The first-order chi connectivity index (χ1) is 6.38. The Bertz CT molecular complexity index is 338. The Kier molecular flexibility index (Phi) is 3.78. The van der Waals surface area contributed by atoms with E-state index < -0.39 is 0 Å². The molecule has 0 spiro atoms. The second kappa shape index (κ2) is 4.33. The average Bonchev–Trinajstić information content (AvgIpc) is 2.45. The van der Waals surface area contributed by atoms with Crippen LogP contribution >= 0.6 is 38.9 Å². The normalized spacial score (nSPS) is 11.8. The van der Waals surface area contributed by atoms with Crippen molar-refractivity contribution in [2.75, 3.05) is 0 Å². The summed E-state index contributed by atoms with van der Waals surface area (Å²) in [5.74, 6) is 0.164. The molecule has 0 N–H and O–H groups in total. The van der Waals surface area contributed by atoms with Gasteiger partial charge in [0.1, 0.15) is 4.34 Å². The molecule has 0 bridgehead atoms. The van der Waals surface area contributed by atoms with Crippen LogP contribution in [-0.4, -0.2) is 5.78 Å². The van der Waals surface area contributed by atoms with Crippen LogP contribution in [0, 0.1) is 5.41 Å². The number of hydrogen-bond donors (Lipinski definition) is 0. The summed E-state index contributed by atoms with van der Waals surface area (Å²) < 4.78 is 1.44. The number of carbonyl (C=O) groups is 1. The SMILES string of the molecule is CCC(C)(C)C(=O)c1cc(Br)c(Cl)s1. The lowest BCUT2D eigenvalue weighted by Gasteiger charge is -2.19. The van der Waals surface area contributed by atoms with E-state index in [1.54, 1.807) is 6.07 Å². The molecule has 0 radical (unpaired) electrons. The number of ketones is 1. The van der Waals surface area contributed by atoms with E-state index >= 15 is 0 Å². The van der Waals surface area contributed by atoms with E-state index in [1.165, 1.54) is 11.3 Å². The van der Waals surface area contributed by atoms with Gasteiger partial charge >= 0.3 is 0 Å². The van der Waals surface area contributed by atoms with E-state index in [2.05, 4.69) is 15.9 Å². The number of hydrogen-bond acceptors (Lipinski definition) is 2. The van der Waals surface area contributed by atoms with Gasteiger partial charge in [-0.25, -0.2) is 0 Å². The van der Waals surface area contributed by atoms with Gasteiger partial charge in [0.25, 0.3) is 0 Å². The predicted octanol–water partition coefficient (Wildman–Crippen LogP) is 4.78. The lowest BCUT2D eigenvalue weighted by Crippen LogP contribution is -2.22. The summed E-state index contributed by atoms with van der Waals surface area (Å²) in [5.41, 5.74) is -0.298. The largest absolute Gasteiger partial charge is 0.293 e. The summed E-state index contributed by atoms with van der Waals surface area (Å²) in [5, 5.41) is 0. The van der Waals surface area contributed by atoms with Crippen molar-refractivity contribution in [3.05, 3.63) is 19.8 Å². The fourth-order valence-corrected chi connectivity index (χ4v) is 2.77. The smallest absolute Gasteiger partial charge is 0.178 e. The van der Waals surface area contributed by atoms with Gasteiger partial charge in [-0.1, -0.05) is 32.4 Å². The van der Waals surface area contributed by atoms with Crippen molar-refractivity contribution in [2.45, 2.75) is 27.2 Å². The van der Waals surface area contributed by atoms with E-state index in [0.717, 1.165) is 15.8 Å². The van der Waals surface area contributed by atoms with Crippen LogP contribution in [0.1, 0.15) is 36.9 Å². The maximum Gasteiger partial charge on any atom is 0.178 e. The lowest BCUT2D eigenvalue weighted by molar-refractivity contribution is 0.0837. The van der Waals surface area contributed by atoms with Crippen molar-refractivity contribution < 1.29 is 4.79 Å². The van der Waals surface area contributed by atoms with Gasteiger partial charge in [0.15, 0.2) is 5.78 Å². The topological polar surface area (TPSA) is 17.1 Å². The van der Waals surface area contributed by atoms with Gasteiger partial charge in [0, 0.05) is 9.89 Å². The van der Waals surface area contributed by atoms with Crippen LogP contribution in [-0.2, 0) is 0 Å².